The Bertz CT molecular complexity index is 676. The standard InChI is InChI=1S/C14H19BN2O4/c1-10(2)17-7-6-16(14(17)18)9-11-4-5-13(21-3)12(8-11)15(19)20/h4-8,10,19-20H,9H2,1-3H3. The average Bonchev–Trinajstić information content (AvgIpc) is 2.80. The first kappa shape index (κ1) is 15.4. The second-order valence-electron chi connectivity index (χ2n) is 5.16. The lowest BCUT2D eigenvalue weighted by atomic mass is 9.78. The monoisotopic (exact) mass is 290 g/mol. The second kappa shape index (κ2) is 6.20. The SMILES string of the molecule is COc1ccc(Cn2ccn(C(C)C)c2=O)cc1B(O)O. The van der Waals surface area contributed by atoms with Crippen LogP contribution in [0.5, 0.6) is 5.75 Å². The Morgan fingerprint density at radius 2 is 2.00 bits per heavy atom. The van der Waals surface area contributed by atoms with E-state index in [-0.39, 0.29) is 17.2 Å². The molecule has 6 nitrogen and oxygen atoms in total. The molecule has 0 spiro atoms. The van der Waals surface area contributed by atoms with Gasteiger partial charge in [-0.3, -0.25) is 9.13 Å². The summed E-state index contributed by atoms with van der Waals surface area (Å²) >= 11 is 0. The molecular weight excluding hydrogens is 271 g/mol. The number of aromatic nitrogens is 2. The van der Waals surface area contributed by atoms with Crippen molar-refractivity contribution in [2.75, 3.05) is 7.11 Å². The maximum Gasteiger partial charge on any atom is 0.492 e. The van der Waals surface area contributed by atoms with Crippen LogP contribution in [0.2, 0.25) is 0 Å². The number of benzene rings is 1. The molecule has 0 aliphatic rings. The zero-order chi connectivity index (χ0) is 15.6. The lowest BCUT2D eigenvalue weighted by molar-refractivity contribution is 0.403. The molecule has 1 heterocycles. The van der Waals surface area contributed by atoms with E-state index in [1.165, 1.54) is 7.11 Å². The lowest BCUT2D eigenvalue weighted by Crippen LogP contribution is -2.32. The normalized spacial score (nSPS) is 11.0. The first-order chi connectivity index (χ1) is 9.93. The van der Waals surface area contributed by atoms with E-state index in [0.717, 1.165) is 5.56 Å². The fourth-order valence-corrected chi connectivity index (χ4v) is 2.22. The number of hydrogen-bond donors (Lipinski definition) is 2. The summed E-state index contributed by atoms with van der Waals surface area (Å²) in [4.78, 5) is 12.2. The van der Waals surface area contributed by atoms with Crippen molar-refractivity contribution in [1.82, 2.24) is 9.13 Å². The molecular formula is C14H19BN2O4. The van der Waals surface area contributed by atoms with Crippen molar-refractivity contribution < 1.29 is 14.8 Å². The first-order valence-electron chi connectivity index (χ1n) is 6.74. The van der Waals surface area contributed by atoms with Crippen LogP contribution in [0.15, 0.2) is 35.4 Å². The van der Waals surface area contributed by atoms with Gasteiger partial charge >= 0.3 is 12.8 Å². The molecule has 0 fully saturated rings. The second-order valence-corrected chi connectivity index (χ2v) is 5.16. The van der Waals surface area contributed by atoms with Gasteiger partial charge in [0.1, 0.15) is 5.75 Å². The fraction of sp³-hybridized carbons (Fsp3) is 0.357. The third kappa shape index (κ3) is 3.20. The topological polar surface area (TPSA) is 76.6 Å². The fourth-order valence-electron chi connectivity index (χ4n) is 2.22. The molecule has 0 saturated heterocycles. The van der Waals surface area contributed by atoms with E-state index in [0.29, 0.717) is 12.3 Å². The van der Waals surface area contributed by atoms with Gasteiger partial charge in [-0.15, -0.1) is 0 Å². The highest BCUT2D eigenvalue weighted by Gasteiger charge is 2.17. The minimum atomic E-state index is -1.61. The smallest absolute Gasteiger partial charge is 0.492 e. The van der Waals surface area contributed by atoms with Crippen LogP contribution in [0.3, 0.4) is 0 Å². The van der Waals surface area contributed by atoms with Gasteiger partial charge in [0.05, 0.1) is 13.7 Å². The van der Waals surface area contributed by atoms with Gasteiger partial charge in [0.2, 0.25) is 0 Å². The van der Waals surface area contributed by atoms with Gasteiger partial charge < -0.3 is 14.8 Å². The van der Waals surface area contributed by atoms with E-state index in [4.69, 9.17) is 4.74 Å². The van der Waals surface area contributed by atoms with Crippen LogP contribution in [-0.4, -0.2) is 33.4 Å². The molecule has 21 heavy (non-hydrogen) atoms. The van der Waals surface area contributed by atoms with Gasteiger partial charge in [-0.2, -0.15) is 0 Å². The van der Waals surface area contributed by atoms with Crippen LogP contribution in [0.4, 0.5) is 0 Å². The summed E-state index contributed by atoms with van der Waals surface area (Å²) in [6.07, 6.45) is 3.47. The summed E-state index contributed by atoms with van der Waals surface area (Å²) in [7, 11) is -0.148. The number of methoxy groups -OCH3 is 1. The van der Waals surface area contributed by atoms with E-state index in [1.54, 1.807) is 39.7 Å². The lowest BCUT2D eigenvalue weighted by Gasteiger charge is -2.10. The number of nitrogens with zero attached hydrogens (tertiary/aromatic N) is 2. The summed E-state index contributed by atoms with van der Waals surface area (Å²) in [5.41, 5.74) is 0.987. The molecule has 0 radical (unpaired) electrons. The summed E-state index contributed by atoms with van der Waals surface area (Å²) in [5, 5.41) is 18.7. The predicted octanol–water partition coefficient (Wildman–Crippen LogP) is -0.0326. The Kier molecular flexibility index (Phi) is 4.54. The quantitative estimate of drug-likeness (QED) is 0.758. The van der Waals surface area contributed by atoms with Crippen LogP contribution < -0.4 is 15.9 Å². The van der Waals surface area contributed by atoms with Crippen molar-refractivity contribution in [3.63, 3.8) is 0 Å². The van der Waals surface area contributed by atoms with E-state index in [2.05, 4.69) is 0 Å². The molecule has 1 aromatic carbocycles. The maximum atomic E-state index is 12.2. The van der Waals surface area contributed by atoms with E-state index >= 15 is 0 Å². The molecule has 0 unspecified atom stereocenters. The zero-order valence-electron chi connectivity index (χ0n) is 12.4. The van der Waals surface area contributed by atoms with E-state index < -0.39 is 7.12 Å². The first-order valence-corrected chi connectivity index (χ1v) is 6.74. The molecule has 2 rings (SSSR count). The van der Waals surface area contributed by atoms with Crippen molar-refractivity contribution in [2.45, 2.75) is 26.4 Å². The number of hydrogen-bond acceptors (Lipinski definition) is 4. The molecule has 2 N–H and O–H groups in total. The molecule has 0 saturated carbocycles. The Morgan fingerprint density at radius 3 is 2.52 bits per heavy atom. The summed E-state index contributed by atoms with van der Waals surface area (Å²) in [6.45, 7) is 4.25. The molecule has 7 heteroatoms. The summed E-state index contributed by atoms with van der Waals surface area (Å²) in [6, 6.07) is 5.19. The molecule has 112 valence electrons. The van der Waals surface area contributed by atoms with Gasteiger partial charge in [-0.25, -0.2) is 4.79 Å². The molecule has 0 aliphatic carbocycles. The van der Waals surface area contributed by atoms with Crippen molar-refractivity contribution in [3.8, 4) is 5.75 Å². The Morgan fingerprint density at radius 1 is 1.29 bits per heavy atom. The Hall–Kier alpha value is -1.99. The number of rotatable bonds is 5. The molecule has 0 bridgehead atoms. The van der Waals surface area contributed by atoms with Gasteiger partial charge in [-0.1, -0.05) is 12.1 Å². The van der Waals surface area contributed by atoms with Crippen molar-refractivity contribution in [3.05, 3.63) is 46.6 Å². The summed E-state index contributed by atoms with van der Waals surface area (Å²) < 4.78 is 8.30. The third-order valence-corrected chi connectivity index (χ3v) is 3.36. The van der Waals surface area contributed by atoms with Crippen LogP contribution in [-0.2, 0) is 6.54 Å². The van der Waals surface area contributed by atoms with E-state index in [1.807, 2.05) is 13.8 Å². The van der Waals surface area contributed by atoms with Crippen molar-refractivity contribution >= 4 is 12.6 Å². The van der Waals surface area contributed by atoms with Gasteiger partial charge in [0, 0.05) is 23.9 Å². The van der Waals surface area contributed by atoms with Gasteiger partial charge in [0.25, 0.3) is 0 Å². The highest BCUT2D eigenvalue weighted by Crippen LogP contribution is 2.11. The van der Waals surface area contributed by atoms with Crippen LogP contribution in [0.1, 0.15) is 25.5 Å². The molecule has 0 atom stereocenters. The molecule has 0 amide bonds. The zero-order valence-corrected chi connectivity index (χ0v) is 12.4. The highest BCUT2D eigenvalue weighted by atomic mass is 16.5. The van der Waals surface area contributed by atoms with Crippen LogP contribution in [0, 0.1) is 0 Å². The molecule has 2 aromatic rings. The van der Waals surface area contributed by atoms with Crippen LogP contribution in [0.25, 0.3) is 0 Å². The Balaban J connectivity index is 2.32. The molecule has 1 aromatic heterocycles. The van der Waals surface area contributed by atoms with Crippen molar-refractivity contribution in [2.24, 2.45) is 0 Å². The average molecular weight is 290 g/mol. The minimum Gasteiger partial charge on any atom is -0.497 e. The van der Waals surface area contributed by atoms with Gasteiger partial charge in [-0.05, 0) is 25.5 Å². The summed E-state index contributed by atoms with van der Waals surface area (Å²) in [5.74, 6) is 0.404. The Labute approximate surface area is 123 Å². The predicted molar refractivity (Wildman–Crippen MR) is 81.0 cm³/mol. The number of ether oxygens (including phenoxy) is 1. The van der Waals surface area contributed by atoms with Crippen molar-refractivity contribution in [1.29, 1.82) is 0 Å². The molecule has 0 aliphatic heterocycles. The number of imidazole rings is 1. The maximum absolute atomic E-state index is 12.2. The largest absolute Gasteiger partial charge is 0.497 e. The van der Waals surface area contributed by atoms with E-state index in [9.17, 15) is 14.8 Å². The third-order valence-electron chi connectivity index (χ3n) is 3.36. The van der Waals surface area contributed by atoms with Gasteiger partial charge in [0.15, 0.2) is 0 Å². The highest BCUT2D eigenvalue weighted by molar-refractivity contribution is 6.59. The minimum absolute atomic E-state index is 0.0908. The van der Waals surface area contributed by atoms with Crippen LogP contribution >= 0.6 is 0 Å².